The standard InChI is InChI=1S/C29H40O6/c1-14(16(3)27(34)35)7-8-15(2)18-9-10-19-23-22(31)13-20-17(4)21(30)11-12-28(20,5)24(23)25(32)26(33)29(18,19)6/h15-20,26,33H,1,7-13H2,2-6H3,(H,34,35)/t15-,16-,17+,18-,19+,20+,26+,28+,29-/m1/s1. The number of fused-ring (bicyclic) bond motifs is 4. The van der Waals surface area contributed by atoms with Gasteiger partial charge in [-0.3, -0.25) is 19.2 Å². The van der Waals surface area contributed by atoms with Gasteiger partial charge in [0.15, 0.2) is 11.6 Å². The Morgan fingerprint density at radius 3 is 2.46 bits per heavy atom. The Balaban J connectivity index is 1.66. The highest BCUT2D eigenvalue weighted by atomic mass is 16.4. The Labute approximate surface area is 208 Å². The second-order valence-corrected chi connectivity index (χ2v) is 12.3. The minimum atomic E-state index is -1.18. The van der Waals surface area contributed by atoms with E-state index in [2.05, 4.69) is 13.5 Å². The fraction of sp³-hybridized carbons (Fsp3) is 0.724. The third kappa shape index (κ3) is 3.70. The average Bonchev–Trinajstić information content (AvgIpc) is 3.16. The van der Waals surface area contributed by atoms with Crippen LogP contribution < -0.4 is 0 Å². The molecule has 2 saturated carbocycles. The van der Waals surface area contributed by atoms with Gasteiger partial charge in [0, 0.05) is 40.7 Å². The maximum atomic E-state index is 13.9. The van der Waals surface area contributed by atoms with Gasteiger partial charge in [0.25, 0.3) is 0 Å². The van der Waals surface area contributed by atoms with Gasteiger partial charge < -0.3 is 10.2 Å². The van der Waals surface area contributed by atoms with Crippen molar-refractivity contribution >= 4 is 23.3 Å². The molecule has 2 fully saturated rings. The molecule has 0 radical (unpaired) electrons. The van der Waals surface area contributed by atoms with E-state index in [1.165, 1.54) is 0 Å². The van der Waals surface area contributed by atoms with Crippen molar-refractivity contribution in [2.75, 3.05) is 0 Å². The molecule has 0 heterocycles. The number of hydrogen-bond donors (Lipinski definition) is 2. The van der Waals surface area contributed by atoms with Gasteiger partial charge in [0.1, 0.15) is 11.9 Å². The van der Waals surface area contributed by atoms with E-state index in [4.69, 9.17) is 0 Å². The highest BCUT2D eigenvalue weighted by Gasteiger charge is 2.65. The second kappa shape index (κ2) is 8.79. The van der Waals surface area contributed by atoms with E-state index >= 15 is 0 Å². The molecule has 0 aromatic rings. The number of carbonyl (C=O) groups excluding carboxylic acids is 3. The Morgan fingerprint density at radius 2 is 1.83 bits per heavy atom. The summed E-state index contributed by atoms with van der Waals surface area (Å²) in [7, 11) is 0. The van der Waals surface area contributed by atoms with Crippen molar-refractivity contribution in [3.63, 3.8) is 0 Å². The maximum absolute atomic E-state index is 13.9. The molecule has 6 heteroatoms. The number of Topliss-reactive ketones (excluding diaryl/α,β-unsaturated/α-hetero) is 3. The van der Waals surface area contributed by atoms with E-state index in [0.717, 1.165) is 19.3 Å². The van der Waals surface area contributed by atoms with Crippen molar-refractivity contribution in [3.05, 3.63) is 23.3 Å². The molecule has 0 aliphatic heterocycles. The minimum absolute atomic E-state index is 0.0162. The van der Waals surface area contributed by atoms with Gasteiger partial charge in [-0.05, 0) is 62.7 Å². The van der Waals surface area contributed by atoms with Gasteiger partial charge in [0.2, 0.25) is 0 Å². The predicted molar refractivity (Wildman–Crippen MR) is 131 cm³/mol. The molecule has 0 amide bonds. The molecule has 0 aromatic carbocycles. The molecule has 0 bridgehead atoms. The van der Waals surface area contributed by atoms with Crippen LogP contribution in [0, 0.1) is 46.3 Å². The molecule has 0 saturated heterocycles. The Bertz CT molecular complexity index is 1020. The highest BCUT2D eigenvalue weighted by Crippen LogP contribution is 2.64. The summed E-state index contributed by atoms with van der Waals surface area (Å²) in [6.45, 7) is 13.6. The first-order chi connectivity index (χ1) is 16.3. The highest BCUT2D eigenvalue weighted by molar-refractivity contribution is 6.13. The van der Waals surface area contributed by atoms with Crippen molar-refractivity contribution < 1.29 is 29.4 Å². The molecule has 192 valence electrons. The molecule has 4 aliphatic carbocycles. The number of aliphatic carboxylic acids is 1. The number of carboxylic acid groups (broad SMARTS) is 1. The van der Waals surface area contributed by atoms with Crippen LogP contribution in [-0.2, 0) is 19.2 Å². The number of rotatable bonds is 6. The lowest BCUT2D eigenvalue weighted by molar-refractivity contribution is -0.146. The zero-order valence-electron chi connectivity index (χ0n) is 21.7. The molecule has 4 rings (SSSR count). The number of hydrogen-bond acceptors (Lipinski definition) is 5. The first-order valence-electron chi connectivity index (χ1n) is 13.2. The van der Waals surface area contributed by atoms with Gasteiger partial charge in [-0.15, -0.1) is 0 Å². The van der Waals surface area contributed by atoms with Gasteiger partial charge >= 0.3 is 5.97 Å². The van der Waals surface area contributed by atoms with Crippen LogP contribution in [0.1, 0.15) is 79.6 Å². The lowest BCUT2D eigenvalue weighted by Crippen LogP contribution is -2.58. The molecule has 0 unspecified atom stereocenters. The number of carboxylic acids is 1. The molecule has 0 spiro atoms. The fourth-order valence-electron chi connectivity index (χ4n) is 8.22. The normalized spacial score (nSPS) is 40.6. The van der Waals surface area contributed by atoms with E-state index in [9.17, 15) is 29.4 Å². The first kappa shape index (κ1) is 26.0. The summed E-state index contributed by atoms with van der Waals surface area (Å²) in [5, 5.41) is 20.8. The van der Waals surface area contributed by atoms with Gasteiger partial charge in [0.05, 0.1) is 5.92 Å². The number of aliphatic hydroxyl groups is 1. The summed E-state index contributed by atoms with van der Waals surface area (Å²) in [4.78, 5) is 51.2. The Hall–Kier alpha value is -2.08. The quantitative estimate of drug-likeness (QED) is 0.536. The van der Waals surface area contributed by atoms with Crippen LogP contribution >= 0.6 is 0 Å². The predicted octanol–water partition coefficient (Wildman–Crippen LogP) is 4.55. The van der Waals surface area contributed by atoms with Gasteiger partial charge in [-0.1, -0.05) is 39.8 Å². The van der Waals surface area contributed by atoms with Crippen molar-refractivity contribution in [2.45, 2.75) is 85.7 Å². The van der Waals surface area contributed by atoms with Crippen LogP contribution in [-0.4, -0.2) is 39.6 Å². The van der Waals surface area contributed by atoms with Crippen molar-refractivity contribution in [1.82, 2.24) is 0 Å². The third-order valence-corrected chi connectivity index (χ3v) is 10.7. The summed E-state index contributed by atoms with van der Waals surface area (Å²) in [5.74, 6) is -2.10. The SMILES string of the molecule is C=C(CC[C@@H](C)[C@H]1CC[C@H]2C3=C(C(=O)[C@H](O)[C@]12C)[C@@]1(C)CCC(=O)[C@@H](C)[C@@H]1CC3=O)[C@@H](C)C(=O)O. The molecule has 0 aromatic heterocycles. The first-order valence-corrected chi connectivity index (χ1v) is 13.2. The van der Waals surface area contributed by atoms with E-state index in [1.54, 1.807) is 6.92 Å². The number of allylic oxidation sites excluding steroid dienone is 1. The van der Waals surface area contributed by atoms with E-state index in [-0.39, 0.29) is 46.9 Å². The van der Waals surface area contributed by atoms with Crippen LogP contribution in [0.4, 0.5) is 0 Å². The lowest BCUT2D eigenvalue weighted by atomic mass is 9.48. The monoisotopic (exact) mass is 484 g/mol. The molecule has 9 atom stereocenters. The van der Waals surface area contributed by atoms with Crippen molar-refractivity contribution in [2.24, 2.45) is 46.3 Å². The summed E-state index contributed by atoms with van der Waals surface area (Å²) >= 11 is 0. The molecule has 6 nitrogen and oxygen atoms in total. The zero-order valence-corrected chi connectivity index (χ0v) is 21.7. The third-order valence-electron chi connectivity index (χ3n) is 10.7. The summed E-state index contributed by atoms with van der Waals surface area (Å²) < 4.78 is 0. The second-order valence-electron chi connectivity index (χ2n) is 12.3. The fourth-order valence-corrected chi connectivity index (χ4v) is 8.22. The average molecular weight is 485 g/mol. The summed E-state index contributed by atoms with van der Waals surface area (Å²) in [5.41, 5.74) is 0.553. The van der Waals surface area contributed by atoms with Crippen LogP contribution in [0.2, 0.25) is 0 Å². The topological polar surface area (TPSA) is 109 Å². The lowest BCUT2D eigenvalue weighted by Gasteiger charge is -2.55. The van der Waals surface area contributed by atoms with Crippen LogP contribution in [0.3, 0.4) is 0 Å². The van der Waals surface area contributed by atoms with Gasteiger partial charge in [-0.25, -0.2) is 0 Å². The van der Waals surface area contributed by atoms with Crippen molar-refractivity contribution in [3.8, 4) is 0 Å². The minimum Gasteiger partial charge on any atom is -0.481 e. The Kier molecular flexibility index (Phi) is 6.53. The van der Waals surface area contributed by atoms with Crippen LogP contribution in [0.5, 0.6) is 0 Å². The zero-order chi connectivity index (χ0) is 26.0. The Morgan fingerprint density at radius 1 is 1.17 bits per heavy atom. The number of carbonyl (C=O) groups is 4. The number of aliphatic hydroxyl groups excluding tert-OH is 1. The molecule has 4 aliphatic rings. The molecule has 35 heavy (non-hydrogen) atoms. The van der Waals surface area contributed by atoms with E-state index in [1.807, 2.05) is 20.8 Å². The summed E-state index contributed by atoms with van der Waals surface area (Å²) in [6, 6.07) is 0. The molecular weight excluding hydrogens is 444 g/mol. The molecular formula is C29H40O6. The smallest absolute Gasteiger partial charge is 0.310 e. The van der Waals surface area contributed by atoms with Crippen LogP contribution in [0.15, 0.2) is 23.3 Å². The largest absolute Gasteiger partial charge is 0.481 e. The van der Waals surface area contributed by atoms with Crippen LogP contribution in [0.25, 0.3) is 0 Å². The molecule has 2 N–H and O–H groups in total. The van der Waals surface area contributed by atoms with Crippen molar-refractivity contribution in [1.29, 1.82) is 0 Å². The van der Waals surface area contributed by atoms with Gasteiger partial charge in [-0.2, -0.15) is 0 Å². The summed E-state index contributed by atoms with van der Waals surface area (Å²) in [6.07, 6.45) is 2.94. The maximum Gasteiger partial charge on any atom is 0.310 e. The number of ketones is 3. The van der Waals surface area contributed by atoms with E-state index in [0.29, 0.717) is 42.4 Å². The van der Waals surface area contributed by atoms with E-state index < -0.39 is 28.8 Å².